The van der Waals surface area contributed by atoms with Crippen molar-refractivity contribution < 1.29 is 14.3 Å². The second-order valence-corrected chi connectivity index (χ2v) is 8.19. The van der Waals surface area contributed by atoms with Crippen LogP contribution >= 0.6 is 0 Å². The second-order valence-electron chi connectivity index (χ2n) is 8.19. The molecule has 0 saturated heterocycles. The third-order valence-corrected chi connectivity index (χ3v) is 5.63. The Labute approximate surface area is 167 Å². The van der Waals surface area contributed by atoms with Crippen molar-refractivity contribution in [2.75, 3.05) is 6.61 Å². The summed E-state index contributed by atoms with van der Waals surface area (Å²) >= 11 is 0. The topological polar surface area (TPSA) is 47.6 Å². The smallest absolute Gasteiger partial charge is 0.217 e. The minimum Gasteiger partial charge on any atom is -0.493 e. The molecule has 1 fully saturated rings. The normalized spacial score (nSPS) is 18.9. The molecule has 1 N–H and O–H groups in total. The van der Waals surface area contributed by atoms with Crippen molar-refractivity contribution in [1.82, 2.24) is 5.32 Å². The summed E-state index contributed by atoms with van der Waals surface area (Å²) in [5.74, 6) is 2.70. The number of aryl methyl sites for hydroxylation is 2. The lowest BCUT2D eigenvalue weighted by Gasteiger charge is -2.19. The molecule has 2 aliphatic rings. The van der Waals surface area contributed by atoms with Crippen molar-refractivity contribution >= 4 is 5.91 Å². The highest BCUT2D eigenvalue weighted by Crippen LogP contribution is 2.32. The fourth-order valence-corrected chi connectivity index (χ4v) is 3.69. The van der Waals surface area contributed by atoms with E-state index in [0.29, 0.717) is 0 Å². The number of carbonyl (C=O) groups is 1. The molecule has 1 amide bonds. The van der Waals surface area contributed by atoms with E-state index in [0.717, 1.165) is 43.3 Å². The maximum absolute atomic E-state index is 11.3. The molecular formula is C24H29NO3. The van der Waals surface area contributed by atoms with Crippen LogP contribution in [0.1, 0.15) is 43.4 Å². The van der Waals surface area contributed by atoms with Crippen molar-refractivity contribution in [2.45, 2.75) is 58.1 Å². The van der Waals surface area contributed by atoms with Crippen molar-refractivity contribution in [3.63, 3.8) is 0 Å². The van der Waals surface area contributed by atoms with E-state index < -0.39 is 0 Å². The summed E-state index contributed by atoms with van der Waals surface area (Å²) < 4.78 is 11.9. The molecule has 0 unspecified atom stereocenters. The molecule has 0 aromatic heterocycles. The summed E-state index contributed by atoms with van der Waals surface area (Å²) in [5.41, 5.74) is 3.82. The lowest BCUT2D eigenvalue weighted by Crippen LogP contribution is -2.42. The van der Waals surface area contributed by atoms with Gasteiger partial charge in [0, 0.05) is 13.3 Å². The number of rotatable bonds is 8. The van der Waals surface area contributed by atoms with E-state index >= 15 is 0 Å². The highest BCUT2D eigenvalue weighted by Gasteiger charge is 2.28. The molecule has 4 rings (SSSR count). The molecule has 4 nitrogen and oxygen atoms in total. The Balaban J connectivity index is 1.30. The molecule has 28 heavy (non-hydrogen) atoms. The minimum absolute atomic E-state index is 0.00833. The van der Waals surface area contributed by atoms with E-state index in [9.17, 15) is 4.79 Å². The third-order valence-electron chi connectivity index (χ3n) is 5.63. The van der Waals surface area contributed by atoms with E-state index in [1.807, 2.05) is 6.92 Å². The van der Waals surface area contributed by atoms with Crippen molar-refractivity contribution in [1.29, 1.82) is 0 Å². The van der Waals surface area contributed by atoms with Gasteiger partial charge < -0.3 is 14.8 Å². The number of carbonyl (C=O) groups excluding carboxylic acids is 1. The van der Waals surface area contributed by atoms with Crippen LogP contribution in [-0.2, 0) is 24.1 Å². The number of hydrogen-bond donors (Lipinski definition) is 1. The van der Waals surface area contributed by atoms with Crippen LogP contribution in [0.3, 0.4) is 0 Å². The fourth-order valence-electron chi connectivity index (χ4n) is 3.69. The largest absolute Gasteiger partial charge is 0.493 e. The second kappa shape index (κ2) is 8.26. The van der Waals surface area contributed by atoms with Gasteiger partial charge in [-0.1, -0.05) is 24.3 Å². The van der Waals surface area contributed by atoms with Crippen LogP contribution in [0.5, 0.6) is 11.5 Å². The maximum atomic E-state index is 11.3. The van der Waals surface area contributed by atoms with Gasteiger partial charge in [0.2, 0.25) is 5.91 Å². The molecule has 2 aromatic carbocycles. The number of nitrogens with one attached hydrogen (secondary N) is 1. The molecular weight excluding hydrogens is 350 g/mol. The lowest BCUT2D eigenvalue weighted by molar-refractivity contribution is -0.120. The zero-order chi connectivity index (χ0) is 19.5. The van der Waals surface area contributed by atoms with E-state index in [1.165, 1.54) is 29.5 Å². The molecule has 2 atom stereocenters. The van der Waals surface area contributed by atoms with Crippen LogP contribution in [-0.4, -0.2) is 24.7 Å². The summed E-state index contributed by atoms with van der Waals surface area (Å²) in [7, 11) is 0. The van der Waals surface area contributed by atoms with Gasteiger partial charge in [-0.3, -0.25) is 4.79 Å². The number of benzene rings is 2. The fraction of sp³-hybridized carbons (Fsp3) is 0.458. The van der Waals surface area contributed by atoms with Gasteiger partial charge >= 0.3 is 0 Å². The maximum Gasteiger partial charge on any atom is 0.217 e. The molecule has 1 aliphatic heterocycles. The molecule has 148 valence electrons. The van der Waals surface area contributed by atoms with Crippen LogP contribution in [0.25, 0.3) is 0 Å². The number of fused-ring (bicyclic) bond motifs is 1. The average Bonchev–Trinajstić information content (AvgIpc) is 3.41. The van der Waals surface area contributed by atoms with Gasteiger partial charge in [-0.25, -0.2) is 0 Å². The standard InChI is InChI=1S/C24H29NO3/c1-16(25-17(2)26)23-14-21-10-7-19(13-24(21)28-23)4-3-18-8-11-22(12-9-18)27-15-20-5-6-20/h7-13,16,20,23H,3-6,14-15H2,1-2H3,(H,25,26)/t16-,23+/m0/s1. The Hall–Kier alpha value is -2.49. The minimum atomic E-state index is -0.0169. The van der Waals surface area contributed by atoms with Gasteiger partial charge in [-0.05, 0) is 73.4 Å². The Morgan fingerprint density at radius 1 is 1.14 bits per heavy atom. The number of ether oxygens (including phenoxy) is 2. The van der Waals surface area contributed by atoms with Gasteiger partial charge in [-0.15, -0.1) is 0 Å². The monoisotopic (exact) mass is 379 g/mol. The Morgan fingerprint density at radius 3 is 2.57 bits per heavy atom. The lowest BCUT2D eigenvalue weighted by atomic mass is 10.0. The van der Waals surface area contributed by atoms with Crippen LogP contribution in [0.4, 0.5) is 0 Å². The van der Waals surface area contributed by atoms with Gasteiger partial charge in [0.25, 0.3) is 0 Å². The number of amides is 1. The predicted molar refractivity (Wildman–Crippen MR) is 110 cm³/mol. The third kappa shape index (κ3) is 4.86. The van der Waals surface area contributed by atoms with Crippen molar-refractivity contribution in [3.05, 3.63) is 59.2 Å². The first kappa shape index (κ1) is 18.9. The van der Waals surface area contributed by atoms with Crippen LogP contribution in [0.2, 0.25) is 0 Å². The molecule has 2 aromatic rings. The summed E-state index contributed by atoms with van der Waals surface area (Å²) in [6.07, 6.45) is 5.46. The quantitative estimate of drug-likeness (QED) is 0.752. The SMILES string of the molecule is CC(=O)N[C@@H](C)[C@H]1Cc2ccc(CCc3ccc(OCC4CC4)cc3)cc2O1. The highest BCUT2D eigenvalue weighted by molar-refractivity contribution is 5.73. The van der Waals surface area contributed by atoms with Crippen molar-refractivity contribution in [2.24, 2.45) is 5.92 Å². The predicted octanol–water partition coefficient (Wildman–Crippen LogP) is 4.09. The van der Waals surface area contributed by atoms with Crippen LogP contribution < -0.4 is 14.8 Å². The van der Waals surface area contributed by atoms with Crippen LogP contribution in [0.15, 0.2) is 42.5 Å². The Kier molecular flexibility index (Phi) is 5.56. The molecule has 0 radical (unpaired) electrons. The van der Waals surface area contributed by atoms with Crippen molar-refractivity contribution in [3.8, 4) is 11.5 Å². The first-order chi connectivity index (χ1) is 13.6. The molecule has 1 aliphatic carbocycles. The van der Waals surface area contributed by atoms with Gasteiger partial charge in [0.15, 0.2) is 0 Å². The first-order valence-corrected chi connectivity index (χ1v) is 10.3. The summed E-state index contributed by atoms with van der Waals surface area (Å²) in [5, 5.41) is 2.93. The van der Waals surface area contributed by atoms with Crippen LogP contribution in [0, 0.1) is 5.92 Å². The first-order valence-electron chi connectivity index (χ1n) is 10.3. The van der Waals surface area contributed by atoms with Gasteiger partial charge in [0.05, 0.1) is 12.6 Å². The summed E-state index contributed by atoms with van der Waals surface area (Å²) in [4.78, 5) is 11.3. The Morgan fingerprint density at radius 2 is 1.86 bits per heavy atom. The molecule has 4 heteroatoms. The molecule has 0 bridgehead atoms. The summed E-state index contributed by atoms with van der Waals surface area (Å²) in [6, 6.07) is 15.0. The molecule has 0 spiro atoms. The summed E-state index contributed by atoms with van der Waals surface area (Å²) in [6.45, 7) is 4.40. The molecule has 1 heterocycles. The van der Waals surface area contributed by atoms with Gasteiger partial charge in [0.1, 0.15) is 17.6 Å². The number of hydrogen-bond acceptors (Lipinski definition) is 3. The zero-order valence-electron chi connectivity index (χ0n) is 16.7. The zero-order valence-corrected chi connectivity index (χ0v) is 16.7. The van der Waals surface area contributed by atoms with E-state index in [4.69, 9.17) is 9.47 Å². The van der Waals surface area contributed by atoms with E-state index in [1.54, 1.807) is 6.92 Å². The molecule has 1 saturated carbocycles. The Bertz CT molecular complexity index is 826. The van der Waals surface area contributed by atoms with E-state index in [-0.39, 0.29) is 18.1 Å². The highest BCUT2D eigenvalue weighted by atomic mass is 16.5. The average molecular weight is 380 g/mol. The van der Waals surface area contributed by atoms with E-state index in [2.05, 4.69) is 47.8 Å². The van der Waals surface area contributed by atoms with Gasteiger partial charge in [-0.2, -0.15) is 0 Å².